The van der Waals surface area contributed by atoms with E-state index in [0.29, 0.717) is 11.8 Å². The van der Waals surface area contributed by atoms with Crippen LogP contribution in [0.3, 0.4) is 0 Å². The minimum absolute atomic E-state index is 0.457. The fourth-order valence-electron chi connectivity index (χ4n) is 2.15. The average Bonchev–Trinajstić information content (AvgIpc) is 2.33. The molecule has 102 valence electrons. The summed E-state index contributed by atoms with van der Waals surface area (Å²) >= 11 is 0. The fourth-order valence-corrected chi connectivity index (χ4v) is 2.15. The Morgan fingerprint density at radius 3 is 2.56 bits per heavy atom. The summed E-state index contributed by atoms with van der Waals surface area (Å²) < 4.78 is 0. The number of aromatic hydroxyl groups is 1. The first-order valence-corrected chi connectivity index (χ1v) is 7.07. The summed E-state index contributed by atoms with van der Waals surface area (Å²) in [7, 11) is 0. The molecule has 0 saturated carbocycles. The summed E-state index contributed by atoms with van der Waals surface area (Å²) in [6, 6.07) is 6.52. The van der Waals surface area contributed by atoms with Crippen molar-refractivity contribution in [2.75, 3.05) is 6.54 Å². The SMILES string of the molecule is CCCCCN(Cc1cccc(C)c1O)C(C)C. The van der Waals surface area contributed by atoms with Crippen LogP contribution in [-0.4, -0.2) is 22.6 Å². The topological polar surface area (TPSA) is 23.5 Å². The second-order valence-corrected chi connectivity index (χ2v) is 5.35. The minimum Gasteiger partial charge on any atom is -0.507 e. The zero-order chi connectivity index (χ0) is 13.5. The molecule has 0 aliphatic carbocycles. The molecule has 2 heteroatoms. The predicted molar refractivity (Wildman–Crippen MR) is 77.9 cm³/mol. The lowest BCUT2D eigenvalue weighted by atomic mass is 10.1. The number of benzene rings is 1. The van der Waals surface area contributed by atoms with Crippen LogP contribution >= 0.6 is 0 Å². The number of hydrogen-bond donors (Lipinski definition) is 1. The Morgan fingerprint density at radius 1 is 1.22 bits per heavy atom. The summed E-state index contributed by atoms with van der Waals surface area (Å²) in [6.07, 6.45) is 3.77. The number of phenolic OH excluding ortho intramolecular Hbond substituents is 1. The Hall–Kier alpha value is -1.02. The van der Waals surface area contributed by atoms with Crippen LogP contribution in [-0.2, 0) is 6.54 Å². The quantitative estimate of drug-likeness (QED) is 0.735. The van der Waals surface area contributed by atoms with Crippen LogP contribution in [0.15, 0.2) is 18.2 Å². The number of unbranched alkanes of at least 4 members (excludes halogenated alkanes) is 2. The van der Waals surface area contributed by atoms with E-state index in [1.807, 2.05) is 25.1 Å². The average molecular weight is 249 g/mol. The molecule has 2 nitrogen and oxygen atoms in total. The van der Waals surface area contributed by atoms with Gasteiger partial charge in [-0.15, -0.1) is 0 Å². The standard InChI is InChI=1S/C16H27NO/c1-5-6-7-11-17(13(2)3)12-15-10-8-9-14(4)16(15)18/h8-10,13,18H,5-7,11-12H2,1-4H3. The minimum atomic E-state index is 0.457. The Balaban J connectivity index is 2.68. The molecule has 0 aliphatic heterocycles. The van der Waals surface area contributed by atoms with Crippen molar-refractivity contribution >= 4 is 0 Å². The molecule has 0 aliphatic rings. The number of rotatable bonds is 7. The Kier molecular flexibility index (Phi) is 6.20. The van der Waals surface area contributed by atoms with Crippen LogP contribution in [0.5, 0.6) is 5.75 Å². The second-order valence-electron chi connectivity index (χ2n) is 5.35. The van der Waals surface area contributed by atoms with Gasteiger partial charge in [-0.2, -0.15) is 0 Å². The fraction of sp³-hybridized carbons (Fsp3) is 0.625. The highest BCUT2D eigenvalue weighted by Gasteiger charge is 2.12. The summed E-state index contributed by atoms with van der Waals surface area (Å²) in [5.74, 6) is 0.457. The van der Waals surface area contributed by atoms with Crippen LogP contribution in [0.4, 0.5) is 0 Å². The highest BCUT2D eigenvalue weighted by atomic mass is 16.3. The number of aryl methyl sites for hydroxylation is 1. The van der Waals surface area contributed by atoms with Gasteiger partial charge in [0.15, 0.2) is 0 Å². The van der Waals surface area contributed by atoms with Gasteiger partial charge >= 0.3 is 0 Å². The molecular weight excluding hydrogens is 222 g/mol. The smallest absolute Gasteiger partial charge is 0.122 e. The molecule has 1 rings (SSSR count). The molecule has 0 radical (unpaired) electrons. The summed E-state index contributed by atoms with van der Waals surface area (Å²) in [4.78, 5) is 2.43. The normalized spacial score (nSPS) is 11.4. The van der Waals surface area contributed by atoms with Crippen molar-refractivity contribution in [1.82, 2.24) is 4.90 Å². The molecule has 0 unspecified atom stereocenters. The Labute approximate surface area is 112 Å². The maximum Gasteiger partial charge on any atom is 0.122 e. The Morgan fingerprint density at radius 2 is 1.94 bits per heavy atom. The first-order valence-electron chi connectivity index (χ1n) is 7.07. The molecule has 0 atom stereocenters. The molecule has 0 fully saturated rings. The first kappa shape index (κ1) is 15.0. The monoisotopic (exact) mass is 249 g/mol. The largest absolute Gasteiger partial charge is 0.507 e. The van der Waals surface area contributed by atoms with Crippen molar-refractivity contribution in [2.24, 2.45) is 0 Å². The molecule has 1 aromatic carbocycles. The van der Waals surface area contributed by atoms with E-state index >= 15 is 0 Å². The van der Waals surface area contributed by atoms with Gasteiger partial charge in [-0.1, -0.05) is 38.0 Å². The third-order valence-corrected chi connectivity index (χ3v) is 3.47. The third kappa shape index (κ3) is 4.34. The molecule has 18 heavy (non-hydrogen) atoms. The van der Waals surface area contributed by atoms with Crippen molar-refractivity contribution in [3.05, 3.63) is 29.3 Å². The maximum absolute atomic E-state index is 10.1. The number of para-hydroxylation sites is 1. The second kappa shape index (κ2) is 7.42. The maximum atomic E-state index is 10.1. The lowest BCUT2D eigenvalue weighted by Crippen LogP contribution is -2.31. The molecule has 1 aromatic rings. The van der Waals surface area contributed by atoms with Gasteiger partial charge in [0.1, 0.15) is 5.75 Å². The van der Waals surface area contributed by atoms with Crippen LogP contribution in [0, 0.1) is 6.92 Å². The van der Waals surface area contributed by atoms with Gasteiger partial charge in [-0.05, 0) is 39.3 Å². The molecule has 0 amide bonds. The van der Waals surface area contributed by atoms with E-state index in [4.69, 9.17) is 0 Å². The van der Waals surface area contributed by atoms with Crippen LogP contribution < -0.4 is 0 Å². The lowest BCUT2D eigenvalue weighted by molar-refractivity contribution is 0.206. The van der Waals surface area contributed by atoms with Crippen molar-refractivity contribution in [3.63, 3.8) is 0 Å². The highest BCUT2D eigenvalue weighted by molar-refractivity contribution is 5.39. The summed E-state index contributed by atoms with van der Waals surface area (Å²) in [5, 5.41) is 10.1. The summed E-state index contributed by atoms with van der Waals surface area (Å²) in [6.45, 7) is 10.6. The number of nitrogens with zero attached hydrogens (tertiary/aromatic N) is 1. The molecular formula is C16H27NO. The van der Waals surface area contributed by atoms with Crippen LogP contribution in [0.25, 0.3) is 0 Å². The molecule has 0 bridgehead atoms. The van der Waals surface area contributed by atoms with Crippen LogP contribution in [0.1, 0.15) is 51.2 Å². The number of hydrogen-bond acceptors (Lipinski definition) is 2. The van der Waals surface area contributed by atoms with E-state index in [-0.39, 0.29) is 0 Å². The van der Waals surface area contributed by atoms with Gasteiger partial charge in [0.05, 0.1) is 0 Å². The van der Waals surface area contributed by atoms with E-state index in [1.165, 1.54) is 19.3 Å². The molecule has 0 aromatic heterocycles. The van der Waals surface area contributed by atoms with Crippen molar-refractivity contribution in [3.8, 4) is 5.75 Å². The van der Waals surface area contributed by atoms with Gasteiger partial charge in [-0.25, -0.2) is 0 Å². The lowest BCUT2D eigenvalue weighted by Gasteiger charge is -2.27. The predicted octanol–water partition coefficient (Wildman–Crippen LogP) is 4.10. The molecule has 1 N–H and O–H groups in total. The van der Waals surface area contributed by atoms with Crippen molar-refractivity contribution < 1.29 is 5.11 Å². The zero-order valence-corrected chi connectivity index (χ0v) is 12.2. The first-order chi connectivity index (χ1) is 8.56. The molecule has 0 spiro atoms. The Bertz CT molecular complexity index is 360. The van der Waals surface area contributed by atoms with E-state index in [2.05, 4.69) is 25.7 Å². The van der Waals surface area contributed by atoms with Gasteiger partial charge in [0, 0.05) is 18.2 Å². The van der Waals surface area contributed by atoms with E-state index in [1.54, 1.807) is 0 Å². The van der Waals surface area contributed by atoms with Gasteiger partial charge in [-0.3, -0.25) is 4.90 Å². The van der Waals surface area contributed by atoms with Crippen LogP contribution in [0.2, 0.25) is 0 Å². The third-order valence-electron chi connectivity index (χ3n) is 3.47. The number of phenols is 1. The molecule has 0 saturated heterocycles. The van der Waals surface area contributed by atoms with E-state index < -0.39 is 0 Å². The van der Waals surface area contributed by atoms with E-state index in [9.17, 15) is 5.11 Å². The molecule has 0 heterocycles. The zero-order valence-electron chi connectivity index (χ0n) is 12.2. The summed E-state index contributed by atoms with van der Waals surface area (Å²) in [5.41, 5.74) is 2.00. The van der Waals surface area contributed by atoms with Crippen molar-refractivity contribution in [2.45, 2.75) is 59.5 Å². The van der Waals surface area contributed by atoms with Gasteiger partial charge in [0.2, 0.25) is 0 Å². The van der Waals surface area contributed by atoms with Gasteiger partial charge < -0.3 is 5.11 Å². The van der Waals surface area contributed by atoms with E-state index in [0.717, 1.165) is 24.2 Å². The van der Waals surface area contributed by atoms with Crippen molar-refractivity contribution in [1.29, 1.82) is 0 Å². The highest BCUT2D eigenvalue weighted by Crippen LogP contribution is 2.23. The van der Waals surface area contributed by atoms with Gasteiger partial charge in [0.25, 0.3) is 0 Å².